The first-order chi connectivity index (χ1) is 10.5. The fourth-order valence-electron chi connectivity index (χ4n) is 2.81. The standard InChI is InChI=1S/C18H30N2OS/c1-4-7-11-20(12-8-5-2)17(6-3)15-13-14(18(21)22)9-10-16(15)19/h9-10,13,17H,4-8,11-12,19H2,1-3H3,(H,21,22)/p-1. The molecule has 22 heavy (non-hydrogen) atoms. The number of nitrogen functional groups attached to an aromatic ring is 1. The molecular formula is C18H29N2OS-. The largest absolute Gasteiger partial charge is 0.737 e. The lowest BCUT2D eigenvalue weighted by Crippen LogP contribution is -2.31. The third kappa shape index (κ3) is 5.25. The van der Waals surface area contributed by atoms with Crippen LogP contribution in [0.15, 0.2) is 18.2 Å². The number of hydrogen-bond acceptors (Lipinski definition) is 4. The van der Waals surface area contributed by atoms with Gasteiger partial charge in [-0.05, 0) is 55.6 Å². The van der Waals surface area contributed by atoms with Gasteiger partial charge < -0.3 is 23.2 Å². The summed E-state index contributed by atoms with van der Waals surface area (Å²) < 4.78 is 0. The van der Waals surface area contributed by atoms with Crippen molar-refractivity contribution in [2.24, 2.45) is 0 Å². The highest BCUT2D eigenvalue weighted by molar-refractivity contribution is 7.77. The van der Waals surface area contributed by atoms with E-state index in [0.717, 1.165) is 30.8 Å². The van der Waals surface area contributed by atoms with E-state index >= 15 is 0 Å². The van der Waals surface area contributed by atoms with Crippen LogP contribution in [0, 0.1) is 0 Å². The van der Waals surface area contributed by atoms with Gasteiger partial charge in [-0.1, -0.05) is 39.7 Å². The minimum Gasteiger partial charge on any atom is -0.737 e. The quantitative estimate of drug-likeness (QED) is 0.515. The smallest absolute Gasteiger partial charge is 0.0422 e. The van der Waals surface area contributed by atoms with Gasteiger partial charge in [0.25, 0.3) is 0 Å². The number of benzene rings is 1. The molecule has 1 aromatic carbocycles. The molecule has 0 spiro atoms. The topological polar surface area (TPSA) is 46.3 Å². The van der Waals surface area contributed by atoms with Crippen LogP contribution in [-0.4, -0.2) is 23.1 Å². The molecule has 2 N–H and O–H groups in total. The predicted octanol–water partition coefficient (Wildman–Crippen LogP) is 4.31. The van der Waals surface area contributed by atoms with Crippen LogP contribution in [-0.2, 0) is 12.6 Å². The summed E-state index contributed by atoms with van der Waals surface area (Å²) in [7, 11) is 0. The summed E-state index contributed by atoms with van der Waals surface area (Å²) in [6, 6.07) is 5.69. The minimum absolute atomic E-state index is 0.257. The van der Waals surface area contributed by atoms with Crippen LogP contribution in [0.5, 0.6) is 0 Å². The maximum absolute atomic E-state index is 11.5. The Hall–Kier alpha value is -1.13. The van der Waals surface area contributed by atoms with Crippen molar-refractivity contribution in [3.05, 3.63) is 29.3 Å². The number of carbonyl (C=O) groups is 1. The summed E-state index contributed by atoms with van der Waals surface area (Å²) in [5.41, 5.74) is 8.56. The summed E-state index contributed by atoms with van der Waals surface area (Å²) in [6.07, 6.45) is 5.70. The second kappa shape index (κ2) is 9.80. The number of carbonyl (C=O) groups excluding carboxylic acids is 1. The maximum Gasteiger partial charge on any atom is 0.0422 e. The number of rotatable bonds is 10. The van der Waals surface area contributed by atoms with Crippen molar-refractivity contribution >= 4 is 23.4 Å². The molecule has 0 radical (unpaired) electrons. The van der Waals surface area contributed by atoms with Crippen LogP contribution >= 0.6 is 0 Å². The third-order valence-corrected chi connectivity index (χ3v) is 4.34. The molecule has 0 aliphatic carbocycles. The van der Waals surface area contributed by atoms with Crippen molar-refractivity contribution in [3.8, 4) is 0 Å². The molecule has 0 aromatic heterocycles. The van der Waals surface area contributed by atoms with Crippen LogP contribution in [0.4, 0.5) is 5.69 Å². The lowest BCUT2D eigenvalue weighted by Gasteiger charge is -2.32. The first kappa shape index (κ1) is 18.9. The molecule has 0 saturated heterocycles. The number of hydrogen-bond donors (Lipinski definition) is 1. The Morgan fingerprint density at radius 2 is 1.77 bits per heavy atom. The molecule has 0 bridgehead atoms. The zero-order valence-electron chi connectivity index (χ0n) is 14.1. The molecule has 0 saturated carbocycles. The highest BCUT2D eigenvalue weighted by Gasteiger charge is 2.20. The van der Waals surface area contributed by atoms with Crippen LogP contribution in [0.1, 0.15) is 74.8 Å². The highest BCUT2D eigenvalue weighted by atomic mass is 32.1. The molecule has 1 atom stereocenters. The van der Waals surface area contributed by atoms with Gasteiger partial charge in [-0.15, -0.1) is 0 Å². The van der Waals surface area contributed by atoms with Crippen molar-refractivity contribution < 1.29 is 4.79 Å². The zero-order chi connectivity index (χ0) is 16.5. The van der Waals surface area contributed by atoms with Gasteiger partial charge in [-0.25, -0.2) is 0 Å². The molecule has 1 unspecified atom stereocenters. The summed E-state index contributed by atoms with van der Waals surface area (Å²) in [5, 5.41) is -0.315. The van der Waals surface area contributed by atoms with E-state index in [1.54, 1.807) is 6.07 Å². The fourth-order valence-corrected chi connectivity index (χ4v) is 2.94. The lowest BCUT2D eigenvalue weighted by molar-refractivity contribution is 0.109. The van der Waals surface area contributed by atoms with E-state index < -0.39 is 0 Å². The van der Waals surface area contributed by atoms with Crippen LogP contribution in [0.3, 0.4) is 0 Å². The van der Waals surface area contributed by atoms with E-state index in [2.05, 4.69) is 25.7 Å². The molecule has 0 amide bonds. The molecule has 0 aliphatic heterocycles. The molecular weight excluding hydrogens is 292 g/mol. The van der Waals surface area contributed by atoms with Crippen molar-refractivity contribution in [2.75, 3.05) is 18.8 Å². The van der Waals surface area contributed by atoms with Gasteiger partial charge in [-0.2, -0.15) is 0 Å². The lowest BCUT2D eigenvalue weighted by atomic mass is 9.98. The molecule has 1 rings (SSSR count). The Bertz CT molecular complexity index is 468. The summed E-state index contributed by atoms with van der Waals surface area (Å²) in [4.78, 5) is 14.0. The Morgan fingerprint density at radius 3 is 2.23 bits per heavy atom. The van der Waals surface area contributed by atoms with Crippen LogP contribution < -0.4 is 5.73 Å². The second-order valence-electron chi connectivity index (χ2n) is 5.80. The molecule has 1 aromatic rings. The monoisotopic (exact) mass is 321 g/mol. The number of nitrogens with zero attached hydrogens (tertiary/aromatic N) is 1. The normalized spacial score (nSPS) is 12.5. The van der Waals surface area contributed by atoms with Crippen molar-refractivity contribution in [1.82, 2.24) is 4.90 Å². The minimum atomic E-state index is -0.315. The molecule has 0 heterocycles. The summed E-state index contributed by atoms with van der Waals surface area (Å²) in [5.74, 6) is 0. The SMILES string of the molecule is CCCCN(CCCC)C(CC)c1cc(C(=O)[S-])ccc1N. The van der Waals surface area contributed by atoms with E-state index in [0.29, 0.717) is 5.56 Å². The van der Waals surface area contributed by atoms with Gasteiger partial charge in [0, 0.05) is 16.8 Å². The van der Waals surface area contributed by atoms with Gasteiger partial charge in [0.2, 0.25) is 0 Å². The van der Waals surface area contributed by atoms with Gasteiger partial charge in [0.15, 0.2) is 0 Å². The number of anilines is 1. The van der Waals surface area contributed by atoms with E-state index in [1.165, 1.54) is 25.7 Å². The van der Waals surface area contributed by atoms with Crippen LogP contribution in [0.25, 0.3) is 0 Å². The number of unbranched alkanes of at least 4 members (excludes halogenated alkanes) is 2. The first-order valence-electron chi connectivity index (χ1n) is 8.39. The molecule has 3 nitrogen and oxygen atoms in total. The van der Waals surface area contributed by atoms with Crippen molar-refractivity contribution in [1.29, 1.82) is 0 Å². The maximum atomic E-state index is 11.5. The Balaban J connectivity index is 3.08. The average Bonchev–Trinajstić information content (AvgIpc) is 2.51. The first-order valence-corrected chi connectivity index (χ1v) is 8.80. The Morgan fingerprint density at radius 1 is 1.18 bits per heavy atom. The Labute approximate surface area is 140 Å². The fraction of sp³-hybridized carbons (Fsp3) is 0.611. The third-order valence-electron chi connectivity index (χ3n) is 4.11. The summed E-state index contributed by atoms with van der Waals surface area (Å²) >= 11 is 4.78. The zero-order valence-corrected chi connectivity index (χ0v) is 14.9. The van der Waals surface area contributed by atoms with Gasteiger partial charge in [0.1, 0.15) is 0 Å². The predicted molar refractivity (Wildman–Crippen MR) is 97.0 cm³/mol. The van der Waals surface area contributed by atoms with Crippen LogP contribution in [0.2, 0.25) is 0 Å². The second-order valence-corrected chi connectivity index (χ2v) is 6.17. The average molecular weight is 322 g/mol. The Kier molecular flexibility index (Phi) is 8.43. The van der Waals surface area contributed by atoms with Gasteiger partial charge >= 0.3 is 0 Å². The van der Waals surface area contributed by atoms with Crippen molar-refractivity contribution in [3.63, 3.8) is 0 Å². The highest BCUT2D eigenvalue weighted by Crippen LogP contribution is 2.30. The molecule has 4 heteroatoms. The van der Waals surface area contributed by atoms with E-state index in [9.17, 15) is 4.79 Å². The molecule has 0 fully saturated rings. The van der Waals surface area contributed by atoms with E-state index in [-0.39, 0.29) is 11.2 Å². The van der Waals surface area contributed by atoms with Crippen molar-refractivity contribution in [2.45, 2.75) is 58.9 Å². The summed E-state index contributed by atoms with van der Waals surface area (Å²) in [6.45, 7) is 8.74. The van der Waals surface area contributed by atoms with Gasteiger partial charge in [0.05, 0.1) is 0 Å². The molecule has 124 valence electrons. The van der Waals surface area contributed by atoms with Gasteiger partial charge in [-0.3, -0.25) is 4.90 Å². The van der Waals surface area contributed by atoms with E-state index in [4.69, 9.17) is 18.4 Å². The molecule has 0 aliphatic rings. The number of nitrogens with two attached hydrogens (primary N) is 1. The van der Waals surface area contributed by atoms with E-state index in [1.807, 2.05) is 12.1 Å².